The third-order valence-electron chi connectivity index (χ3n) is 5.00. The number of fused-ring (bicyclic) bond motifs is 5. The van der Waals surface area contributed by atoms with Gasteiger partial charge in [-0.25, -0.2) is 4.79 Å². The molecule has 0 spiro atoms. The van der Waals surface area contributed by atoms with Crippen molar-refractivity contribution in [1.29, 1.82) is 0 Å². The van der Waals surface area contributed by atoms with Gasteiger partial charge in [0, 0.05) is 5.22 Å². The summed E-state index contributed by atoms with van der Waals surface area (Å²) in [6, 6.07) is 17.6. The Morgan fingerprint density at radius 1 is 0.885 bits per heavy atom. The van der Waals surface area contributed by atoms with Gasteiger partial charge in [0.25, 0.3) is 0 Å². The van der Waals surface area contributed by atoms with Crippen molar-refractivity contribution in [3.63, 3.8) is 0 Å². The third-order valence-corrected chi connectivity index (χ3v) is 5.00. The van der Waals surface area contributed by atoms with E-state index in [0.717, 1.165) is 17.2 Å². The molecule has 3 aromatic rings. The molecule has 2 aliphatic rings. The first-order chi connectivity index (χ1) is 12.8. The standard InChI is InChI=1S/C24H16O2/c25-24(17-7-2-1-3-8-17)26-23-15-14-21-20-11-10-16-6-4-5-9-18(16)19(20)12-13-22(21)23/h1-8,10-15H,9H2. The first kappa shape index (κ1) is 14.9. The summed E-state index contributed by atoms with van der Waals surface area (Å²) >= 11 is 0. The number of carbonyl (C=O) groups is 1. The van der Waals surface area contributed by atoms with Crippen molar-refractivity contribution in [2.75, 3.05) is 0 Å². The summed E-state index contributed by atoms with van der Waals surface area (Å²) in [5.41, 5.74) is 3.03. The van der Waals surface area contributed by atoms with Crippen LogP contribution in [0.5, 0.6) is 0 Å². The number of carbonyl (C=O) groups excluding carboxylic acids is 1. The van der Waals surface area contributed by atoms with E-state index in [9.17, 15) is 4.79 Å². The highest BCUT2D eigenvalue weighted by Crippen LogP contribution is 2.24. The Hall–Kier alpha value is -3.39. The van der Waals surface area contributed by atoms with Gasteiger partial charge < -0.3 is 4.74 Å². The molecule has 26 heavy (non-hydrogen) atoms. The molecule has 2 aliphatic carbocycles. The van der Waals surface area contributed by atoms with Crippen LogP contribution in [0.15, 0.2) is 72.8 Å². The summed E-state index contributed by atoms with van der Waals surface area (Å²) in [5.74, 6) is 0.281. The van der Waals surface area contributed by atoms with E-state index in [1.54, 1.807) is 12.1 Å². The highest BCUT2D eigenvalue weighted by atomic mass is 16.5. The maximum Gasteiger partial charge on any atom is 0.343 e. The molecule has 0 radical (unpaired) electrons. The Morgan fingerprint density at radius 2 is 1.73 bits per heavy atom. The molecule has 0 fully saturated rings. The number of benzene rings is 3. The van der Waals surface area contributed by atoms with Crippen LogP contribution in [0.2, 0.25) is 0 Å². The summed E-state index contributed by atoms with van der Waals surface area (Å²) in [6.07, 6.45) is 11.3. The summed E-state index contributed by atoms with van der Waals surface area (Å²) in [6.45, 7) is 0. The molecule has 0 aliphatic heterocycles. The summed E-state index contributed by atoms with van der Waals surface area (Å²) in [7, 11) is 0. The second-order valence-electron chi connectivity index (χ2n) is 6.51. The SMILES string of the molecule is O=C(OC1=c2ccc3c4c(ccc3c2C=C1)=CC=CC4)c1ccccc1. The number of hydrogen-bond acceptors (Lipinski definition) is 2. The third kappa shape index (κ3) is 2.31. The normalized spacial score (nSPS) is 14.1. The van der Waals surface area contributed by atoms with E-state index < -0.39 is 0 Å². The predicted octanol–water partition coefficient (Wildman–Crippen LogP) is 3.72. The lowest BCUT2D eigenvalue weighted by Gasteiger charge is -2.10. The molecule has 0 saturated carbocycles. The molecule has 0 aromatic heterocycles. The van der Waals surface area contributed by atoms with Crippen molar-refractivity contribution >= 4 is 34.7 Å². The number of ether oxygens (including phenoxy) is 1. The molecule has 3 aromatic carbocycles. The number of hydrogen-bond donors (Lipinski definition) is 0. The molecule has 0 heterocycles. The van der Waals surface area contributed by atoms with E-state index in [0.29, 0.717) is 11.3 Å². The van der Waals surface area contributed by atoms with Crippen LogP contribution in [0.1, 0.15) is 21.5 Å². The van der Waals surface area contributed by atoms with Gasteiger partial charge in [-0.1, -0.05) is 54.6 Å². The smallest absolute Gasteiger partial charge is 0.343 e. The average Bonchev–Trinajstić information content (AvgIpc) is 3.11. The highest BCUT2D eigenvalue weighted by Gasteiger charge is 2.16. The summed E-state index contributed by atoms with van der Waals surface area (Å²) < 4.78 is 5.66. The van der Waals surface area contributed by atoms with Crippen LogP contribution in [-0.4, -0.2) is 5.97 Å². The fraction of sp³-hybridized carbons (Fsp3) is 0.0417. The van der Waals surface area contributed by atoms with Crippen LogP contribution in [0, 0.1) is 0 Å². The van der Waals surface area contributed by atoms with Gasteiger partial charge in [-0.2, -0.15) is 0 Å². The van der Waals surface area contributed by atoms with Crippen molar-refractivity contribution in [3.05, 3.63) is 100.0 Å². The average molecular weight is 336 g/mol. The summed E-state index contributed by atoms with van der Waals surface area (Å²) in [4.78, 5) is 12.4. The molecular formula is C24H16O2. The lowest BCUT2D eigenvalue weighted by atomic mass is 9.94. The molecule has 2 heteroatoms. The molecule has 0 amide bonds. The van der Waals surface area contributed by atoms with E-state index in [1.165, 1.54) is 21.6 Å². The Bertz CT molecular complexity index is 1230. The van der Waals surface area contributed by atoms with E-state index in [-0.39, 0.29) is 5.97 Å². The minimum absolute atomic E-state index is 0.330. The largest absolute Gasteiger partial charge is 0.422 e. The first-order valence-electron chi connectivity index (χ1n) is 8.72. The monoisotopic (exact) mass is 336 g/mol. The lowest BCUT2D eigenvalue weighted by Crippen LogP contribution is -2.15. The molecular weight excluding hydrogens is 320 g/mol. The van der Waals surface area contributed by atoms with Crippen molar-refractivity contribution in [1.82, 2.24) is 0 Å². The quantitative estimate of drug-likeness (QED) is 0.667. The van der Waals surface area contributed by atoms with Crippen molar-refractivity contribution in [2.24, 2.45) is 0 Å². The van der Waals surface area contributed by atoms with Crippen molar-refractivity contribution in [3.8, 4) is 0 Å². The van der Waals surface area contributed by atoms with Gasteiger partial charge in [-0.05, 0) is 63.9 Å². The zero-order valence-electron chi connectivity index (χ0n) is 14.1. The van der Waals surface area contributed by atoms with Crippen LogP contribution < -0.4 is 10.4 Å². The number of allylic oxidation sites excluding steroid dienone is 2. The molecule has 0 N–H and O–H groups in total. The van der Waals surface area contributed by atoms with Crippen LogP contribution in [0.25, 0.3) is 28.7 Å². The van der Waals surface area contributed by atoms with Gasteiger partial charge in [0.05, 0.1) is 5.56 Å². The zero-order chi connectivity index (χ0) is 17.5. The second kappa shape index (κ2) is 5.85. The minimum Gasteiger partial charge on any atom is -0.422 e. The second-order valence-corrected chi connectivity index (χ2v) is 6.51. The molecule has 0 unspecified atom stereocenters. The first-order valence-corrected chi connectivity index (χ1v) is 8.72. The van der Waals surface area contributed by atoms with Crippen LogP contribution in [0.4, 0.5) is 0 Å². The fourth-order valence-electron chi connectivity index (χ4n) is 3.72. The molecule has 0 saturated heterocycles. The van der Waals surface area contributed by atoms with Gasteiger partial charge in [-0.3, -0.25) is 0 Å². The number of esters is 1. The van der Waals surface area contributed by atoms with Gasteiger partial charge in [0.1, 0.15) is 5.76 Å². The zero-order valence-corrected chi connectivity index (χ0v) is 14.1. The Balaban J connectivity index is 1.63. The van der Waals surface area contributed by atoms with Gasteiger partial charge in [0.15, 0.2) is 0 Å². The highest BCUT2D eigenvalue weighted by molar-refractivity contribution is 5.99. The Kier molecular flexibility index (Phi) is 3.36. The molecule has 0 bridgehead atoms. The topological polar surface area (TPSA) is 26.3 Å². The van der Waals surface area contributed by atoms with E-state index in [2.05, 4.69) is 42.5 Å². The molecule has 124 valence electrons. The maximum atomic E-state index is 12.4. The van der Waals surface area contributed by atoms with Crippen LogP contribution in [0.3, 0.4) is 0 Å². The van der Waals surface area contributed by atoms with Gasteiger partial charge in [-0.15, -0.1) is 0 Å². The lowest BCUT2D eigenvalue weighted by molar-refractivity contribution is 0.0692. The van der Waals surface area contributed by atoms with Gasteiger partial charge in [0.2, 0.25) is 0 Å². The van der Waals surface area contributed by atoms with E-state index in [1.807, 2.05) is 30.4 Å². The molecule has 2 nitrogen and oxygen atoms in total. The van der Waals surface area contributed by atoms with Crippen LogP contribution in [-0.2, 0) is 11.2 Å². The predicted molar refractivity (Wildman–Crippen MR) is 105 cm³/mol. The van der Waals surface area contributed by atoms with E-state index in [4.69, 9.17) is 4.74 Å². The maximum absolute atomic E-state index is 12.4. The summed E-state index contributed by atoms with van der Waals surface area (Å²) in [5, 5.41) is 4.72. The van der Waals surface area contributed by atoms with Crippen molar-refractivity contribution in [2.45, 2.75) is 6.42 Å². The molecule has 5 rings (SSSR count). The molecule has 0 atom stereocenters. The Labute approximate surface area is 151 Å². The minimum atomic E-state index is -0.330. The number of rotatable bonds is 2. The van der Waals surface area contributed by atoms with Gasteiger partial charge >= 0.3 is 5.97 Å². The Morgan fingerprint density at radius 3 is 2.62 bits per heavy atom. The van der Waals surface area contributed by atoms with Crippen molar-refractivity contribution < 1.29 is 9.53 Å². The fourth-order valence-corrected chi connectivity index (χ4v) is 3.72. The van der Waals surface area contributed by atoms with Crippen LogP contribution >= 0.6 is 0 Å². The van der Waals surface area contributed by atoms with E-state index >= 15 is 0 Å².